The second kappa shape index (κ2) is 14.3. The molecule has 48 heavy (non-hydrogen) atoms. The number of thiol groups is 1. The summed E-state index contributed by atoms with van der Waals surface area (Å²) in [5, 5.41) is 15.3. The fourth-order valence-electron chi connectivity index (χ4n) is 6.92. The highest BCUT2D eigenvalue weighted by molar-refractivity contribution is 7.81. The first-order chi connectivity index (χ1) is 23.3. The van der Waals surface area contributed by atoms with E-state index in [-0.39, 0.29) is 11.8 Å². The highest BCUT2D eigenvalue weighted by Crippen LogP contribution is 2.48. The first-order valence-corrected chi connectivity index (χ1v) is 16.4. The highest BCUT2D eigenvalue weighted by Gasteiger charge is 2.56. The lowest BCUT2D eigenvalue weighted by molar-refractivity contribution is -0.565. The van der Waals surface area contributed by atoms with Crippen molar-refractivity contribution in [3.63, 3.8) is 0 Å². The number of hydrogen-bond donors (Lipinski definition) is 3. The minimum absolute atomic E-state index is 0.246. The number of nitroso groups, excluding NO2 is 1. The average molecular weight is 667 g/mol. The molecule has 9 nitrogen and oxygen atoms in total. The van der Waals surface area contributed by atoms with Gasteiger partial charge in [0.15, 0.2) is 0 Å². The molecule has 248 valence electrons. The number of ether oxygens (including phenoxy) is 3. The molecule has 0 radical (unpaired) electrons. The number of nitrogens with one attached hydrogen (secondary N) is 1. The molecule has 4 aromatic rings. The Bertz CT molecular complexity index is 1690. The lowest BCUT2D eigenvalue weighted by atomic mass is 9.64. The molecule has 2 unspecified atom stereocenters. The van der Waals surface area contributed by atoms with Crippen molar-refractivity contribution in [2.75, 3.05) is 20.8 Å². The molecule has 4 aromatic carbocycles. The van der Waals surface area contributed by atoms with Crippen LogP contribution >= 0.6 is 12.6 Å². The van der Waals surface area contributed by atoms with E-state index >= 15 is 0 Å². The molecule has 6 rings (SSSR count). The Morgan fingerprint density at radius 2 is 1.42 bits per heavy atom. The summed E-state index contributed by atoms with van der Waals surface area (Å²) in [6.45, 7) is 2.33. The van der Waals surface area contributed by atoms with Crippen LogP contribution in [0.25, 0.3) is 0 Å². The Morgan fingerprint density at radius 3 is 1.96 bits per heavy atom. The first-order valence-electron chi connectivity index (χ1n) is 15.9. The molecule has 0 aliphatic carbocycles. The number of methoxy groups -OCH3 is 2. The molecule has 1 amide bonds. The van der Waals surface area contributed by atoms with Crippen LogP contribution in [0.3, 0.4) is 0 Å². The number of aliphatic hydroxyl groups excluding tert-OH is 1. The zero-order valence-electron chi connectivity index (χ0n) is 27.0. The van der Waals surface area contributed by atoms with Gasteiger partial charge in [-0.2, -0.15) is 17.5 Å². The van der Waals surface area contributed by atoms with Crippen molar-refractivity contribution in [2.45, 2.75) is 42.3 Å². The summed E-state index contributed by atoms with van der Waals surface area (Å²) < 4.78 is 18.5. The molecule has 10 heteroatoms. The number of aliphatic hydroxyl groups is 1. The third-order valence-electron chi connectivity index (χ3n) is 9.44. The summed E-state index contributed by atoms with van der Waals surface area (Å²) in [5.41, 5.74) is 1.83. The van der Waals surface area contributed by atoms with Crippen LogP contribution in [-0.4, -0.2) is 71.4 Å². The number of benzene rings is 4. The molecule has 1 saturated heterocycles. The number of carbonyl (C=O) groups excluding carboxylic acids is 1. The predicted molar refractivity (Wildman–Crippen MR) is 186 cm³/mol. The summed E-state index contributed by atoms with van der Waals surface area (Å²) in [6.07, 6.45) is -0.505. The van der Waals surface area contributed by atoms with E-state index < -0.39 is 35.4 Å². The number of amides is 1. The number of rotatable bonds is 10. The van der Waals surface area contributed by atoms with Crippen LogP contribution in [0.4, 0.5) is 0 Å². The number of nitrogens with zero attached hydrogens (tertiary/aromatic N) is 2. The van der Waals surface area contributed by atoms with E-state index in [9.17, 15) is 14.8 Å². The highest BCUT2D eigenvalue weighted by atomic mass is 32.1. The third-order valence-corrected chi connectivity index (χ3v) is 10.2. The Balaban J connectivity index is 1.41. The lowest BCUT2D eigenvalue weighted by Gasteiger charge is -2.43. The minimum atomic E-state index is -1.15. The van der Waals surface area contributed by atoms with Gasteiger partial charge >= 0.3 is 6.29 Å². The van der Waals surface area contributed by atoms with Crippen LogP contribution < -0.4 is 14.8 Å². The molecular weight excluding hydrogens is 627 g/mol. The Morgan fingerprint density at radius 1 is 0.896 bits per heavy atom. The van der Waals surface area contributed by atoms with Crippen LogP contribution in [0.2, 0.25) is 0 Å². The molecular formula is C38H40N3O6S+. The second-order valence-corrected chi connectivity index (χ2v) is 12.7. The Labute approximate surface area is 286 Å². The van der Waals surface area contributed by atoms with Gasteiger partial charge < -0.3 is 19.3 Å². The van der Waals surface area contributed by atoms with Gasteiger partial charge in [0.2, 0.25) is 6.20 Å². The van der Waals surface area contributed by atoms with Crippen molar-refractivity contribution in [1.29, 1.82) is 0 Å². The van der Waals surface area contributed by atoms with Gasteiger partial charge in [-0.25, -0.2) is 0 Å². The standard InChI is InChI=1S/C38H39N3O6S/c1-25-33(48)32(47-36(25)40-23-10-24-41(44)37(40)39-35(43)26-11-6-4-7-12-26)34(42)38(27-13-8-5-9-14-27,28-15-19-30(45-2)20-16-28)29-17-21-31(46-3)22-18-29/h4-22,24-25,32-34,36-37,42H,23H2,1-3H3,(H-,39,43,48)/p+1/t25-,32+,33+,34?,36-,37?/m1/s1. The van der Waals surface area contributed by atoms with Gasteiger partial charge in [0.05, 0.1) is 36.6 Å². The SMILES string of the molecule is COc1ccc(C(c2ccccc2)(c2ccc(OC)cc2)C(O)[C@H]2O[C@@H](N3CC=C[N+](=O)C3NC(=O)c3ccccc3)[C@H](C)[C@@H]2S)cc1. The first kappa shape index (κ1) is 33.4. The molecule has 0 aromatic heterocycles. The monoisotopic (exact) mass is 666 g/mol. The van der Waals surface area contributed by atoms with E-state index in [4.69, 9.17) is 26.8 Å². The molecule has 2 aliphatic rings. The van der Waals surface area contributed by atoms with E-state index in [0.29, 0.717) is 28.4 Å². The van der Waals surface area contributed by atoms with Crippen LogP contribution in [0.1, 0.15) is 34.0 Å². The smallest absolute Gasteiger partial charge is 0.346 e. The molecule has 6 atom stereocenters. The topological polar surface area (TPSA) is 100 Å². The fourth-order valence-corrected chi connectivity index (χ4v) is 7.30. The summed E-state index contributed by atoms with van der Waals surface area (Å²) in [5.74, 6) is 0.746. The minimum Gasteiger partial charge on any atom is -0.497 e. The van der Waals surface area contributed by atoms with Crippen molar-refractivity contribution in [1.82, 2.24) is 10.2 Å². The normalized spacial score (nSPS) is 23.4. The fraction of sp³-hybridized carbons (Fsp3) is 0.289. The molecule has 0 saturated carbocycles. The van der Waals surface area contributed by atoms with Crippen molar-refractivity contribution in [3.8, 4) is 11.5 Å². The largest absolute Gasteiger partial charge is 0.497 e. The van der Waals surface area contributed by atoms with Gasteiger partial charge in [-0.15, -0.1) is 0 Å². The summed E-state index contributed by atoms with van der Waals surface area (Å²) in [4.78, 5) is 28.2. The molecule has 0 bridgehead atoms. The maximum Gasteiger partial charge on any atom is 0.346 e. The van der Waals surface area contributed by atoms with Crippen molar-refractivity contribution >= 4 is 18.5 Å². The summed E-state index contributed by atoms with van der Waals surface area (Å²) >= 11 is 5.06. The Kier molecular flexibility index (Phi) is 9.98. The predicted octanol–water partition coefficient (Wildman–Crippen LogP) is 5.38. The van der Waals surface area contributed by atoms with Gasteiger partial charge in [-0.1, -0.05) is 79.7 Å². The molecule has 0 spiro atoms. The van der Waals surface area contributed by atoms with Crippen molar-refractivity contribution in [2.24, 2.45) is 5.92 Å². The second-order valence-electron chi connectivity index (χ2n) is 12.1. The van der Waals surface area contributed by atoms with E-state index in [1.54, 1.807) is 49.5 Å². The maximum absolute atomic E-state index is 13.2. The van der Waals surface area contributed by atoms with Crippen LogP contribution in [0.15, 0.2) is 121 Å². The molecule has 2 aliphatic heterocycles. The average Bonchev–Trinajstić information content (AvgIpc) is 3.43. The van der Waals surface area contributed by atoms with Gasteiger partial charge in [0.1, 0.15) is 17.7 Å². The lowest BCUT2D eigenvalue weighted by Crippen LogP contribution is -2.59. The van der Waals surface area contributed by atoms with Gasteiger partial charge in [0, 0.05) is 28.2 Å². The zero-order chi connectivity index (χ0) is 33.8. The summed E-state index contributed by atoms with van der Waals surface area (Å²) in [6, 6.07) is 34.0. The molecule has 2 heterocycles. The van der Waals surface area contributed by atoms with Crippen molar-refractivity contribution < 1.29 is 28.9 Å². The zero-order valence-corrected chi connectivity index (χ0v) is 27.9. The van der Waals surface area contributed by atoms with Gasteiger partial charge in [0.25, 0.3) is 5.91 Å². The summed E-state index contributed by atoms with van der Waals surface area (Å²) in [7, 11) is 3.23. The van der Waals surface area contributed by atoms with Crippen LogP contribution in [-0.2, 0) is 10.2 Å². The maximum atomic E-state index is 13.2. The van der Waals surface area contributed by atoms with Gasteiger partial charge in [-0.05, 0) is 59.2 Å². The molecule has 2 N–H and O–H groups in total. The van der Waals surface area contributed by atoms with Crippen LogP contribution in [0, 0.1) is 10.8 Å². The molecule has 1 fully saturated rings. The Hall–Kier alpha value is -4.48. The van der Waals surface area contributed by atoms with E-state index in [0.717, 1.165) is 16.7 Å². The van der Waals surface area contributed by atoms with E-state index in [2.05, 4.69) is 5.32 Å². The number of hydrogen-bond acceptors (Lipinski definition) is 8. The van der Waals surface area contributed by atoms with Gasteiger partial charge in [-0.3, -0.25) is 10.1 Å². The quantitative estimate of drug-likeness (QED) is 0.119. The van der Waals surface area contributed by atoms with E-state index in [1.165, 1.54) is 6.20 Å². The number of carbonyl (C=O) groups is 1. The third kappa shape index (κ3) is 6.12. The van der Waals surface area contributed by atoms with E-state index in [1.807, 2.05) is 91.9 Å². The van der Waals surface area contributed by atoms with Crippen molar-refractivity contribution in [3.05, 3.63) is 149 Å². The van der Waals surface area contributed by atoms with Crippen LogP contribution in [0.5, 0.6) is 11.5 Å².